The Labute approximate surface area is 237 Å². The number of ketones is 2. The Morgan fingerprint density at radius 1 is 1.02 bits per heavy atom. The second-order valence-corrected chi connectivity index (χ2v) is 13.9. The van der Waals surface area contributed by atoms with Crippen LogP contribution in [0.15, 0.2) is 11.6 Å². The van der Waals surface area contributed by atoms with Crippen LogP contribution in [-0.2, 0) is 23.9 Å². The highest BCUT2D eigenvalue weighted by Gasteiger charge is 2.68. The fourth-order valence-corrected chi connectivity index (χ4v) is 9.44. The van der Waals surface area contributed by atoms with Crippen LogP contribution >= 0.6 is 0 Å². The van der Waals surface area contributed by atoms with E-state index in [1.807, 2.05) is 6.92 Å². The quantitative estimate of drug-likeness (QED) is 0.387. The van der Waals surface area contributed by atoms with Gasteiger partial charge in [-0.25, -0.2) is 0 Å². The standard InChI is InChI=1S/C32H47NO7/c1-30-14-12-22(34)16-21(30)8-9-23-24-13-15-32(39,31(24,2)17-25(35)29(23)30)26(36)19-40-28(38)11-10-27(37)33-18-20-6-4-3-5-7-20/h16,20,23-25,29,35,39H,3-15,17-19H2,1-2H3,(H,33,37)/t23-,24-,25+,29+,30-,31-,32-/m0/s1. The van der Waals surface area contributed by atoms with Crippen molar-refractivity contribution in [2.24, 2.45) is 34.5 Å². The summed E-state index contributed by atoms with van der Waals surface area (Å²) in [6.45, 7) is 4.20. The molecule has 5 aliphatic rings. The van der Waals surface area contributed by atoms with Gasteiger partial charge in [-0.3, -0.25) is 19.2 Å². The van der Waals surface area contributed by atoms with Gasteiger partial charge in [-0.2, -0.15) is 0 Å². The number of allylic oxidation sites excluding steroid dienone is 1. The average Bonchev–Trinajstić information content (AvgIpc) is 3.20. The third-order valence-corrected chi connectivity index (χ3v) is 11.7. The van der Waals surface area contributed by atoms with Crippen LogP contribution in [0.1, 0.15) is 104 Å². The molecule has 40 heavy (non-hydrogen) atoms. The molecule has 0 aromatic heterocycles. The molecule has 4 saturated carbocycles. The molecule has 8 nitrogen and oxygen atoms in total. The normalized spacial score (nSPS) is 39.4. The summed E-state index contributed by atoms with van der Waals surface area (Å²) in [6.07, 6.45) is 11.0. The fraction of sp³-hybridized carbons (Fsp3) is 0.812. The van der Waals surface area contributed by atoms with E-state index in [0.717, 1.165) is 37.7 Å². The molecule has 0 bridgehead atoms. The molecule has 3 N–H and O–H groups in total. The molecular weight excluding hydrogens is 510 g/mol. The lowest BCUT2D eigenvalue weighted by molar-refractivity contribution is -0.184. The highest BCUT2D eigenvalue weighted by Crippen LogP contribution is 2.67. The first-order valence-electron chi connectivity index (χ1n) is 15.6. The molecule has 8 heteroatoms. The van der Waals surface area contributed by atoms with Crippen LogP contribution in [0, 0.1) is 34.5 Å². The van der Waals surface area contributed by atoms with Crippen LogP contribution in [0.4, 0.5) is 0 Å². The zero-order chi connectivity index (χ0) is 28.7. The van der Waals surface area contributed by atoms with Crippen LogP contribution in [-0.4, -0.2) is 58.5 Å². The summed E-state index contributed by atoms with van der Waals surface area (Å²) in [4.78, 5) is 50.1. The third-order valence-electron chi connectivity index (χ3n) is 11.7. The number of nitrogens with one attached hydrogen (secondary N) is 1. The molecule has 0 spiro atoms. The van der Waals surface area contributed by atoms with E-state index in [2.05, 4.69) is 12.2 Å². The van der Waals surface area contributed by atoms with Gasteiger partial charge in [0.2, 0.25) is 11.7 Å². The van der Waals surface area contributed by atoms with Crippen molar-refractivity contribution in [2.45, 2.75) is 115 Å². The van der Waals surface area contributed by atoms with Crippen LogP contribution in [0.25, 0.3) is 0 Å². The second-order valence-electron chi connectivity index (χ2n) is 13.9. The predicted octanol–water partition coefficient (Wildman–Crippen LogP) is 3.81. The number of hydrogen-bond acceptors (Lipinski definition) is 7. The third kappa shape index (κ3) is 5.19. The van der Waals surface area contributed by atoms with Crippen LogP contribution in [0.5, 0.6) is 0 Å². The molecule has 0 aliphatic heterocycles. The number of amides is 1. The number of Topliss-reactive ketones (excluding diaryl/α,β-unsaturated/α-hetero) is 1. The van der Waals surface area contributed by atoms with E-state index in [1.54, 1.807) is 6.08 Å². The fourth-order valence-electron chi connectivity index (χ4n) is 9.44. The van der Waals surface area contributed by atoms with Gasteiger partial charge in [0.25, 0.3) is 0 Å². The maximum absolute atomic E-state index is 13.4. The zero-order valence-electron chi connectivity index (χ0n) is 24.2. The first kappa shape index (κ1) is 29.4. The second kappa shape index (κ2) is 11.3. The number of aliphatic hydroxyl groups excluding tert-OH is 1. The lowest BCUT2D eigenvalue weighted by Crippen LogP contribution is -2.62. The summed E-state index contributed by atoms with van der Waals surface area (Å²) in [5, 5.41) is 26.2. The Balaban J connectivity index is 1.16. The van der Waals surface area contributed by atoms with Gasteiger partial charge in [0.1, 0.15) is 5.60 Å². The molecule has 0 saturated heterocycles. The van der Waals surface area contributed by atoms with E-state index < -0.39 is 35.5 Å². The average molecular weight is 558 g/mol. The Morgan fingerprint density at radius 3 is 2.52 bits per heavy atom. The van der Waals surface area contributed by atoms with Crippen molar-refractivity contribution < 1.29 is 34.1 Å². The van der Waals surface area contributed by atoms with Crippen molar-refractivity contribution in [3.63, 3.8) is 0 Å². The SMILES string of the molecule is C[C@]12CCC(=O)C=C1CC[C@@H]1[C@@H]2[C@H](O)C[C@@]2(C)[C@H]1CC[C@]2(O)C(=O)COC(=O)CCC(=O)NCC1CCCCC1. The molecule has 0 heterocycles. The Morgan fingerprint density at radius 2 is 1.77 bits per heavy atom. The van der Waals surface area contributed by atoms with Gasteiger partial charge in [0.15, 0.2) is 12.4 Å². The first-order chi connectivity index (χ1) is 19.0. The van der Waals surface area contributed by atoms with Gasteiger partial charge in [-0.15, -0.1) is 0 Å². The number of carbonyl (C=O) groups excluding carboxylic acids is 4. The minimum absolute atomic E-state index is 0.00165. The summed E-state index contributed by atoms with van der Waals surface area (Å²) >= 11 is 0. The lowest BCUT2D eigenvalue weighted by Gasteiger charge is -2.60. The Kier molecular flexibility index (Phi) is 8.33. The Bertz CT molecular complexity index is 1060. The van der Waals surface area contributed by atoms with Gasteiger partial charge >= 0.3 is 5.97 Å². The highest BCUT2D eigenvalue weighted by atomic mass is 16.5. The van der Waals surface area contributed by atoms with Gasteiger partial charge in [0, 0.05) is 24.8 Å². The minimum atomic E-state index is -1.68. The molecule has 4 fully saturated rings. The molecule has 0 aromatic carbocycles. The van der Waals surface area contributed by atoms with E-state index >= 15 is 0 Å². The van der Waals surface area contributed by atoms with Crippen molar-refractivity contribution in [3.05, 3.63) is 11.6 Å². The van der Waals surface area contributed by atoms with E-state index in [1.165, 1.54) is 19.3 Å². The molecule has 5 rings (SSSR count). The number of fused-ring (bicyclic) bond motifs is 5. The maximum Gasteiger partial charge on any atom is 0.306 e. The molecule has 7 atom stereocenters. The lowest BCUT2D eigenvalue weighted by atomic mass is 9.45. The van der Waals surface area contributed by atoms with Crippen molar-refractivity contribution in [3.8, 4) is 0 Å². The monoisotopic (exact) mass is 557 g/mol. The molecule has 0 unspecified atom stereocenters. The van der Waals surface area contributed by atoms with Gasteiger partial charge < -0.3 is 20.3 Å². The molecule has 5 aliphatic carbocycles. The van der Waals surface area contributed by atoms with Crippen LogP contribution < -0.4 is 5.32 Å². The molecular formula is C32H47NO7. The van der Waals surface area contributed by atoms with E-state index in [9.17, 15) is 29.4 Å². The molecule has 1 amide bonds. The summed E-state index contributed by atoms with van der Waals surface area (Å²) in [5.41, 5.74) is -1.59. The largest absolute Gasteiger partial charge is 0.458 e. The van der Waals surface area contributed by atoms with E-state index in [0.29, 0.717) is 31.7 Å². The summed E-state index contributed by atoms with van der Waals surface area (Å²) < 4.78 is 5.25. The predicted molar refractivity (Wildman–Crippen MR) is 148 cm³/mol. The minimum Gasteiger partial charge on any atom is -0.458 e. The molecule has 0 radical (unpaired) electrons. The van der Waals surface area contributed by atoms with Crippen molar-refractivity contribution in [2.75, 3.05) is 13.2 Å². The number of rotatable bonds is 8. The number of hydrogen-bond donors (Lipinski definition) is 3. The smallest absolute Gasteiger partial charge is 0.306 e. The van der Waals surface area contributed by atoms with Crippen molar-refractivity contribution in [1.82, 2.24) is 5.32 Å². The van der Waals surface area contributed by atoms with Crippen LogP contribution in [0.2, 0.25) is 0 Å². The van der Waals surface area contributed by atoms with Crippen LogP contribution in [0.3, 0.4) is 0 Å². The topological polar surface area (TPSA) is 130 Å². The molecule has 222 valence electrons. The zero-order valence-corrected chi connectivity index (χ0v) is 24.2. The Hall–Kier alpha value is -2.06. The highest BCUT2D eigenvalue weighted by molar-refractivity contribution is 5.92. The first-order valence-corrected chi connectivity index (χ1v) is 15.6. The van der Waals surface area contributed by atoms with Crippen molar-refractivity contribution >= 4 is 23.4 Å². The summed E-state index contributed by atoms with van der Waals surface area (Å²) in [5.74, 6) is -0.450. The van der Waals surface area contributed by atoms with E-state index in [4.69, 9.17) is 4.74 Å². The number of aliphatic hydroxyl groups is 2. The summed E-state index contributed by atoms with van der Waals surface area (Å²) in [7, 11) is 0. The maximum atomic E-state index is 13.4. The number of carbonyl (C=O) groups is 4. The van der Waals surface area contributed by atoms with Gasteiger partial charge in [-0.1, -0.05) is 38.7 Å². The molecule has 0 aromatic rings. The van der Waals surface area contributed by atoms with E-state index in [-0.39, 0.29) is 54.1 Å². The number of ether oxygens (including phenoxy) is 1. The van der Waals surface area contributed by atoms with Crippen molar-refractivity contribution in [1.29, 1.82) is 0 Å². The van der Waals surface area contributed by atoms with Gasteiger partial charge in [0.05, 0.1) is 12.5 Å². The number of esters is 1. The van der Waals surface area contributed by atoms with Gasteiger partial charge in [-0.05, 0) is 86.5 Å². The summed E-state index contributed by atoms with van der Waals surface area (Å²) in [6, 6.07) is 0.